The third-order valence-electron chi connectivity index (χ3n) is 5.52. The fourth-order valence-corrected chi connectivity index (χ4v) is 4.42. The Morgan fingerprint density at radius 2 is 1.15 bits per heavy atom. The molecule has 0 aromatic carbocycles. The standard InChI is InChI=1S/C20H36N4O2/c1-17(2)15(25)23(19(5,6)21-17)13-11-9-10-12-14-24-16(26)18(3,4)22-20(24,7)8/h1,21-22H,9-14H2,2-8H3. The van der Waals surface area contributed by atoms with E-state index in [4.69, 9.17) is 6.92 Å². The van der Waals surface area contributed by atoms with Crippen LogP contribution in [0.1, 0.15) is 74.1 Å². The fraction of sp³-hybridized carbons (Fsp3) is 0.850. The SMILES string of the molecule is [CH]C1(C)NC(C)(C)N(CCCCCCN2C(=O)C(C)(C)NC2(C)C)C1=O. The van der Waals surface area contributed by atoms with Gasteiger partial charge in [0.1, 0.15) is 5.54 Å². The first kappa shape index (κ1) is 21.2. The van der Waals surface area contributed by atoms with Gasteiger partial charge in [0, 0.05) is 13.1 Å². The van der Waals surface area contributed by atoms with Gasteiger partial charge in [-0.1, -0.05) is 12.8 Å². The van der Waals surface area contributed by atoms with Crippen LogP contribution in [0.15, 0.2) is 0 Å². The number of nitrogens with one attached hydrogen (secondary N) is 2. The maximum absolute atomic E-state index is 12.5. The molecule has 2 radical (unpaired) electrons. The van der Waals surface area contributed by atoms with Crippen molar-refractivity contribution >= 4 is 11.8 Å². The maximum Gasteiger partial charge on any atom is 0.244 e. The Labute approximate surface area is 159 Å². The van der Waals surface area contributed by atoms with Crippen molar-refractivity contribution in [1.29, 1.82) is 0 Å². The van der Waals surface area contributed by atoms with E-state index in [0.29, 0.717) is 6.54 Å². The van der Waals surface area contributed by atoms with Crippen molar-refractivity contribution in [3.05, 3.63) is 6.92 Å². The van der Waals surface area contributed by atoms with E-state index in [9.17, 15) is 9.59 Å². The van der Waals surface area contributed by atoms with Crippen molar-refractivity contribution in [2.75, 3.05) is 13.1 Å². The first-order valence-corrected chi connectivity index (χ1v) is 9.72. The summed E-state index contributed by atoms with van der Waals surface area (Å²) in [6.45, 7) is 21.2. The molecule has 2 aliphatic heterocycles. The predicted molar refractivity (Wildman–Crippen MR) is 103 cm³/mol. The summed E-state index contributed by atoms with van der Waals surface area (Å²) in [4.78, 5) is 28.7. The third kappa shape index (κ3) is 4.06. The van der Waals surface area contributed by atoms with Crippen LogP contribution in [0.2, 0.25) is 0 Å². The molecule has 2 amide bonds. The quantitative estimate of drug-likeness (QED) is 0.679. The van der Waals surface area contributed by atoms with E-state index < -0.39 is 16.7 Å². The van der Waals surface area contributed by atoms with Crippen LogP contribution in [0.25, 0.3) is 0 Å². The molecule has 0 aromatic heterocycles. The molecule has 2 rings (SSSR count). The summed E-state index contributed by atoms with van der Waals surface area (Å²) in [5.74, 6) is 0.125. The molecule has 1 unspecified atom stereocenters. The van der Waals surface area contributed by atoms with Gasteiger partial charge in [-0.05, 0) is 68.2 Å². The molecule has 0 aliphatic carbocycles. The molecule has 2 N–H and O–H groups in total. The van der Waals surface area contributed by atoms with Crippen LogP contribution in [0.3, 0.4) is 0 Å². The second kappa shape index (κ2) is 6.79. The molecule has 26 heavy (non-hydrogen) atoms. The minimum Gasteiger partial charge on any atom is -0.323 e. The summed E-state index contributed by atoms with van der Waals surface area (Å²) in [5, 5.41) is 6.58. The van der Waals surface area contributed by atoms with E-state index in [-0.39, 0.29) is 17.5 Å². The molecule has 6 nitrogen and oxygen atoms in total. The van der Waals surface area contributed by atoms with E-state index in [1.807, 2.05) is 37.5 Å². The van der Waals surface area contributed by atoms with Crippen LogP contribution in [0, 0.1) is 6.92 Å². The smallest absolute Gasteiger partial charge is 0.244 e. The molecule has 0 saturated carbocycles. The van der Waals surface area contributed by atoms with Crippen LogP contribution < -0.4 is 10.6 Å². The van der Waals surface area contributed by atoms with Crippen LogP contribution >= 0.6 is 0 Å². The highest BCUT2D eigenvalue weighted by atomic mass is 16.2. The third-order valence-corrected chi connectivity index (χ3v) is 5.52. The Hall–Kier alpha value is -1.14. The van der Waals surface area contributed by atoms with Crippen molar-refractivity contribution in [3.8, 4) is 0 Å². The minimum atomic E-state index is -0.981. The number of hydrogen-bond acceptors (Lipinski definition) is 4. The first-order valence-electron chi connectivity index (χ1n) is 9.72. The number of carbonyl (C=O) groups is 2. The molecular weight excluding hydrogens is 328 g/mol. The van der Waals surface area contributed by atoms with E-state index >= 15 is 0 Å². The topological polar surface area (TPSA) is 64.7 Å². The van der Waals surface area contributed by atoms with Gasteiger partial charge in [-0.3, -0.25) is 20.2 Å². The lowest BCUT2D eigenvalue weighted by Crippen LogP contribution is -2.48. The number of amides is 2. The van der Waals surface area contributed by atoms with Crippen molar-refractivity contribution < 1.29 is 9.59 Å². The van der Waals surface area contributed by atoms with E-state index in [0.717, 1.165) is 32.2 Å². The average Bonchev–Trinajstić information content (AvgIpc) is 2.71. The molecular formula is C20H36N4O2. The molecule has 0 spiro atoms. The average molecular weight is 365 g/mol. The molecule has 148 valence electrons. The molecule has 0 bridgehead atoms. The lowest BCUT2D eigenvalue weighted by molar-refractivity contribution is -0.134. The summed E-state index contributed by atoms with van der Waals surface area (Å²) in [6, 6.07) is 0. The monoisotopic (exact) mass is 364 g/mol. The van der Waals surface area contributed by atoms with Gasteiger partial charge in [0.25, 0.3) is 0 Å². The molecule has 2 heterocycles. The highest BCUT2D eigenvalue weighted by molar-refractivity contribution is 5.90. The lowest BCUT2D eigenvalue weighted by atomic mass is 10.1. The second-order valence-corrected chi connectivity index (χ2v) is 9.52. The molecule has 2 fully saturated rings. The fourth-order valence-electron chi connectivity index (χ4n) is 4.42. The van der Waals surface area contributed by atoms with E-state index in [2.05, 4.69) is 24.5 Å². The highest BCUT2D eigenvalue weighted by Crippen LogP contribution is 2.29. The van der Waals surface area contributed by atoms with Crippen molar-refractivity contribution in [2.45, 2.75) is 96.6 Å². The van der Waals surface area contributed by atoms with Gasteiger partial charge < -0.3 is 9.80 Å². The second-order valence-electron chi connectivity index (χ2n) is 9.52. The number of carbonyl (C=O) groups excluding carboxylic acids is 2. The maximum atomic E-state index is 12.5. The Bertz CT molecular complexity index is 516. The van der Waals surface area contributed by atoms with Crippen molar-refractivity contribution in [2.24, 2.45) is 0 Å². The zero-order chi connectivity index (χ0) is 20.0. The largest absolute Gasteiger partial charge is 0.323 e. The van der Waals surface area contributed by atoms with Crippen molar-refractivity contribution in [1.82, 2.24) is 20.4 Å². The summed E-state index contributed by atoms with van der Waals surface area (Å²) in [7, 11) is 0. The van der Waals surface area contributed by atoms with Crippen molar-refractivity contribution in [3.63, 3.8) is 0 Å². The number of rotatable bonds is 7. The number of hydrogen-bond donors (Lipinski definition) is 2. The Balaban J connectivity index is 1.74. The molecule has 2 saturated heterocycles. The summed E-state index contributed by atoms with van der Waals surface area (Å²) in [6.07, 6.45) is 3.97. The molecule has 2 aliphatic rings. The number of unbranched alkanes of at least 4 members (excludes halogenated alkanes) is 3. The van der Waals surface area contributed by atoms with Gasteiger partial charge in [0.2, 0.25) is 11.8 Å². The van der Waals surface area contributed by atoms with E-state index in [1.165, 1.54) is 0 Å². The van der Waals surface area contributed by atoms with Gasteiger partial charge >= 0.3 is 0 Å². The molecule has 6 heteroatoms. The highest BCUT2D eigenvalue weighted by Gasteiger charge is 2.49. The Morgan fingerprint density at radius 1 is 0.731 bits per heavy atom. The zero-order valence-corrected chi connectivity index (χ0v) is 17.5. The lowest BCUT2D eigenvalue weighted by Gasteiger charge is -2.32. The minimum absolute atomic E-state index is 0.0415. The summed E-state index contributed by atoms with van der Waals surface area (Å²) >= 11 is 0. The molecule has 1 atom stereocenters. The zero-order valence-electron chi connectivity index (χ0n) is 17.5. The van der Waals surface area contributed by atoms with Crippen LogP contribution in [-0.4, -0.2) is 57.1 Å². The predicted octanol–water partition coefficient (Wildman–Crippen LogP) is 2.13. The van der Waals surface area contributed by atoms with E-state index in [1.54, 1.807) is 6.92 Å². The van der Waals surface area contributed by atoms with Crippen LogP contribution in [0.4, 0.5) is 0 Å². The normalized spacial score (nSPS) is 26.0. The van der Waals surface area contributed by atoms with Gasteiger partial charge in [-0.2, -0.15) is 0 Å². The summed E-state index contributed by atoms with van der Waals surface area (Å²) < 4.78 is 0. The number of nitrogens with zero attached hydrogens (tertiary/aromatic N) is 2. The van der Waals surface area contributed by atoms with Crippen LogP contribution in [0.5, 0.6) is 0 Å². The van der Waals surface area contributed by atoms with Gasteiger partial charge in [-0.15, -0.1) is 0 Å². The first-order chi connectivity index (χ1) is 11.7. The Morgan fingerprint density at radius 3 is 1.50 bits per heavy atom. The Kier molecular flexibility index (Phi) is 5.52. The molecule has 0 aromatic rings. The van der Waals surface area contributed by atoms with Gasteiger partial charge in [0.05, 0.1) is 16.9 Å². The van der Waals surface area contributed by atoms with Crippen LogP contribution in [-0.2, 0) is 9.59 Å². The van der Waals surface area contributed by atoms with Gasteiger partial charge in [0.15, 0.2) is 0 Å². The van der Waals surface area contributed by atoms with Gasteiger partial charge in [-0.25, -0.2) is 0 Å². The summed E-state index contributed by atoms with van der Waals surface area (Å²) in [5.41, 5.74) is -2.19.